The Labute approximate surface area is 180 Å². The molecule has 2 heterocycles. The molecule has 3 aromatic rings. The van der Waals surface area contributed by atoms with Crippen molar-refractivity contribution < 1.29 is 23.8 Å². The second-order valence-electron chi connectivity index (χ2n) is 7.07. The van der Waals surface area contributed by atoms with Gasteiger partial charge < -0.3 is 19.5 Å². The summed E-state index contributed by atoms with van der Waals surface area (Å²) >= 11 is 0. The van der Waals surface area contributed by atoms with E-state index in [4.69, 9.17) is 14.2 Å². The number of amides is 1. The maximum atomic E-state index is 12.7. The number of nitrogens with one attached hydrogen (secondary N) is 1. The third kappa shape index (κ3) is 4.83. The fraction of sp³-hybridized carbons (Fsp3) is 0.208. The lowest BCUT2D eigenvalue weighted by molar-refractivity contribution is -0.130. The van der Waals surface area contributed by atoms with Gasteiger partial charge in [0.25, 0.3) is 5.91 Å². The number of ether oxygens (including phenoxy) is 3. The molecule has 0 saturated heterocycles. The highest BCUT2D eigenvalue weighted by Gasteiger charge is 2.27. The number of esters is 1. The van der Waals surface area contributed by atoms with E-state index >= 15 is 0 Å². The highest BCUT2D eigenvalue weighted by atomic mass is 16.5. The van der Waals surface area contributed by atoms with Crippen molar-refractivity contribution in [3.63, 3.8) is 0 Å². The average molecular weight is 418 g/mol. The van der Waals surface area contributed by atoms with Crippen molar-refractivity contribution in [3.05, 3.63) is 84.2 Å². The molecular weight excluding hydrogens is 396 g/mol. The minimum atomic E-state index is -0.978. The molecule has 0 bridgehead atoms. The summed E-state index contributed by atoms with van der Waals surface area (Å²) in [5.41, 5.74) is 1.14. The lowest BCUT2D eigenvalue weighted by Gasteiger charge is -2.27. The molecule has 31 heavy (non-hydrogen) atoms. The quantitative estimate of drug-likeness (QED) is 0.608. The van der Waals surface area contributed by atoms with E-state index in [9.17, 15) is 9.59 Å². The second kappa shape index (κ2) is 9.30. The van der Waals surface area contributed by atoms with Gasteiger partial charge in [-0.05, 0) is 37.3 Å². The molecule has 0 spiro atoms. The minimum absolute atomic E-state index is 0.195. The maximum absolute atomic E-state index is 12.7. The Bertz CT molecular complexity index is 1070. The van der Waals surface area contributed by atoms with Crippen LogP contribution in [0.1, 0.15) is 35.3 Å². The van der Waals surface area contributed by atoms with E-state index < -0.39 is 12.1 Å². The number of rotatable bonds is 6. The summed E-state index contributed by atoms with van der Waals surface area (Å²) in [6.07, 6.45) is 2.84. The zero-order valence-electron chi connectivity index (χ0n) is 17.0. The van der Waals surface area contributed by atoms with Crippen LogP contribution < -0.4 is 14.8 Å². The summed E-state index contributed by atoms with van der Waals surface area (Å²) in [4.78, 5) is 29.4. The lowest BCUT2D eigenvalue weighted by Crippen LogP contribution is -2.39. The van der Waals surface area contributed by atoms with E-state index in [1.54, 1.807) is 55.7 Å². The lowest BCUT2D eigenvalue weighted by atomic mass is 10.0. The van der Waals surface area contributed by atoms with Gasteiger partial charge in [0.15, 0.2) is 6.10 Å². The van der Waals surface area contributed by atoms with Crippen LogP contribution in [0.4, 0.5) is 0 Å². The standard InChI is InChI=1S/C24H22N2O5/c1-16(23(27)26-20-12-14-29-21-10-4-2-8-18(20)21)30-24(28)19-9-3-5-11-22(19)31-17-7-6-13-25-15-17/h2-11,13,15-16,20H,12,14H2,1H3,(H,26,27). The molecule has 0 saturated carbocycles. The van der Waals surface area contributed by atoms with Crippen LogP contribution in [0.15, 0.2) is 73.1 Å². The van der Waals surface area contributed by atoms with E-state index in [0.29, 0.717) is 24.5 Å². The molecule has 2 unspecified atom stereocenters. The van der Waals surface area contributed by atoms with Crippen molar-refractivity contribution in [2.45, 2.75) is 25.5 Å². The Hall–Kier alpha value is -3.87. The van der Waals surface area contributed by atoms with E-state index in [0.717, 1.165) is 11.3 Å². The predicted molar refractivity (Wildman–Crippen MR) is 113 cm³/mol. The average Bonchev–Trinajstić information content (AvgIpc) is 2.80. The summed E-state index contributed by atoms with van der Waals surface area (Å²) in [6.45, 7) is 2.05. The summed E-state index contributed by atoms with van der Waals surface area (Å²) < 4.78 is 16.8. The van der Waals surface area contributed by atoms with Crippen molar-refractivity contribution >= 4 is 11.9 Å². The first-order valence-corrected chi connectivity index (χ1v) is 10.0. The molecule has 1 N–H and O–H groups in total. The van der Waals surface area contributed by atoms with Gasteiger partial charge in [-0.1, -0.05) is 30.3 Å². The van der Waals surface area contributed by atoms with Crippen LogP contribution in [0.3, 0.4) is 0 Å². The molecule has 4 rings (SSSR count). The molecule has 1 aliphatic rings. The number of hydrogen-bond acceptors (Lipinski definition) is 6. The highest BCUT2D eigenvalue weighted by Crippen LogP contribution is 2.31. The fourth-order valence-electron chi connectivity index (χ4n) is 3.32. The number of hydrogen-bond donors (Lipinski definition) is 1. The van der Waals surface area contributed by atoms with Gasteiger partial charge in [-0.25, -0.2) is 4.79 Å². The van der Waals surface area contributed by atoms with Crippen molar-refractivity contribution in [3.8, 4) is 17.2 Å². The van der Waals surface area contributed by atoms with Crippen LogP contribution in [0.25, 0.3) is 0 Å². The molecule has 0 radical (unpaired) electrons. The zero-order chi connectivity index (χ0) is 21.6. The first-order chi connectivity index (χ1) is 15.1. The van der Waals surface area contributed by atoms with Crippen molar-refractivity contribution in [1.82, 2.24) is 10.3 Å². The Morgan fingerprint density at radius 1 is 1.10 bits per heavy atom. The van der Waals surface area contributed by atoms with Crippen molar-refractivity contribution in [2.24, 2.45) is 0 Å². The number of fused-ring (bicyclic) bond motifs is 1. The number of nitrogens with zero attached hydrogens (tertiary/aromatic N) is 1. The number of carbonyl (C=O) groups excluding carboxylic acids is 2. The van der Waals surface area contributed by atoms with E-state index in [2.05, 4.69) is 10.3 Å². The number of pyridine rings is 1. The van der Waals surface area contributed by atoms with Gasteiger partial charge in [0, 0.05) is 18.2 Å². The minimum Gasteiger partial charge on any atom is -0.493 e. The normalized spacial score (nSPS) is 15.7. The SMILES string of the molecule is CC(OC(=O)c1ccccc1Oc1cccnc1)C(=O)NC1CCOc2ccccc21. The first-order valence-electron chi connectivity index (χ1n) is 10.0. The van der Waals surface area contributed by atoms with E-state index in [1.165, 1.54) is 0 Å². The number of carbonyl (C=O) groups is 2. The molecule has 1 amide bonds. The predicted octanol–water partition coefficient (Wildman–Crippen LogP) is 4.06. The number of para-hydroxylation sites is 2. The summed E-state index contributed by atoms with van der Waals surface area (Å²) in [7, 11) is 0. The number of benzene rings is 2. The van der Waals surface area contributed by atoms with Gasteiger partial charge in [0.2, 0.25) is 0 Å². The molecule has 158 valence electrons. The molecule has 0 aliphatic carbocycles. The topological polar surface area (TPSA) is 86.8 Å². The van der Waals surface area contributed by atoms with Crippen LogP contribution in [0.2, 0.25) is 0 Å². The first kappa shape index (κ1) is 20.4. The van der Waals surface area contributed by atoms with Gasteiger partial charge in [-0.2, -0.15) is 0 Å². The summed E-state index contributed by atoms with van der Waals surface area (Å²) in [6, 6.07) is 17.6. The Morgan fingerprint density at radius 2 is 1.90 bits per heavy atom. The highest BCUT2D eigenvalue weighted by molar-refractivity contribution is 5.94. The Morgan fingerprint density at radius 3 is 2.74 bits per heavy atom. The van der Waals surface area contributed by atoms with Crippen LogP contribution >= 0.6 is 0 Å². The zero-order valence-corrected chi connectivity index (χ0v) is 17.0. The fourth-order valence-corrected chi connectivity index (χ4v) is 3.32. The third-order valence-electron chi connectivity index (χ3n) is 4.90. The van der Waals surface area contributed by atoms with Gasteiger partial charge in [-0.15, -0.1) is 0 Å². The van der Waals surface area contributed by atoms with Crippen molar-refractivity contribution in [1.29, 1.82) is 0 Å². The van der Waals surface area contributed by atoms with Crippen molar-refractivity contribution in [2.75, 3.05) is 6.61 Å². The smallest absolute Gasteiger partial charge is 0.342 e. The molecule has 0 fully saturated rings. The van der Waals surface area contributed by atoms with Gasteiger partial charge in [0.05, 0.1) is 18.8 Å². The van der Waals surface area contributed by atoms with E-state index in [1.807, 2.05) is 24.3 Å². The van der Waals surface area contributed by atoms with Crippen LogP contribution in [-0.2, 0) is 9.53 Å². The molecule has 7 heteroatoms. The van der Waals surface area contributed by atoms with Crippen LogP contribution in [0.5, 0.6) is 17.2 Å². The molecule has 2 atom stereocenters. The maximum Gasteiger partial charge on any atom is 0.342 e. The molecule has 1 aromatic heterocycles. The third-order valence-corrected chi connectivity index (χ3v) is 4.90. The Kier molecular flexibility index (Phi) is 6.12. The largest absolute Gasteiger partial charge is 0.493 e. The monoisotopic (exact) mass is 418 g/mol. The molecule has 2 aromatic carbocycles. The van der Waals surface area contributed by atoms with Crippen LogP contribution in [-0.4, -0.2) is 29.6 Å². The summed E-state index contributed by atoms with van der Waals surface area (Å²) in [5, 5.41) is 2.95. The van der Waals surface area contributed by atoms with E-state index in [-0.39, 0.29) is 17.5 Å². The Balaban J connectivity index is 1.42. The van der Waals surface area contributed by atoms with Gasteiger partial charge in [-0.3, -0.25) is 9.78 Å². The molecule has 7 nitrogen and oxygen atoms in total. The second-order valence-corrected chi connectivity index (χ2v) is 7.07. The van der Waals surface area contributed by atoms with Gasteiger partial charge in [0.1, 0.15) is 22.8 Å². The van der Waals surface area contributed by atoms with Crippen LogP contribution in [0, 0.1) is 0 Å². The molecular formula is C24H22N2O5. The summed E-state index contributed by atoms with van der Waals surface area (Å²) in [5.74, 6) is 0.554. The number of aromatic nitrogens is 1. The molecule has 1 aliphatic heterocycles. The van der Waals surface area contributed by atoms with Gasteiger partial charge >= 0.3 is 5.97 Å².